The van der Waals surface area contributed by atoms with Crippen molar-refractivity contribution in [3.05, 3.63) is 35.9 Å². The van der Waals surface area contributed by atoms with Gasteiger partial charge in [-0.25, -0.2) is 0 Å². The highest BCUT2D eigenvalue weighted by atomic mass is 32.2. The van der Waals surface area contributed by atoms with E-state index in [9.17, 15) is 19.5 Å². The fourth-order valence-corrected chi connectivity index (χ4v) is 9.72. The smallest absolute Gasteiger partial charge is 0.310 e. The maximum atomic E-state index is 14.2. The van der Waals surface area contributed by atoms with E-state index in [1.165, 1.54) is 6.42 Å². The highest BCUT2D eigenvalue weighted by molar-refractivity contribution is 8.02. The number of aliphatic hydroxyl groups excluding tert-OH is 1. The van der Waals surface area contributed by atoms with Gasteiger partial charge in [-0.2, -0.15) is 0 Å². The Morgan fingerprint density at radius 3 is 2.61 bits per heavy atom. The molecule has 1 aromatic carbocycles. The SMILES string of the molecule is CCOC(=O)[C@@H]1[C@@H]2CC(C)C3(S2)C(C(=O)NC2CCCCC2)N([C@@H](CO)Cc2ccccc2)C(=O)[C@H]13. The van der Waals surface area contributed by atoms with Crippen molar-refractivity contribution in [1.29, 1.82) is 0 Å². The molecule has 2 amide bonds. The summed E-state index contributed by atoms with van der Waals surface area (Å²) >= 11 is 1.65. The van der Waals surface area contributed by atoms with Crippen LogP contribution in [0.1, 0.15) is 57.9 Å². The second-order valence-corrected chi connectivity index (χ2v) is 12.5. The standard InChI is InChI=1S/C28H38N2O5S/c1-3-35-27(34)22-21-14-17(2)28(36-21)23(22)26(33)30(20(16-31)15-18-10-6-4-7-11-18)24(28)25(32)29-19-12-8-5-9-13-19/h4,6-7,10-11,17,19-24,31H,3,5,8-9,12-16H2,1-2H3,(H,29,32)/t17?,20-,21+,22-,23+,24?,28?/m1/s1. The molecule has 3 unspecified atom stereocenters. The number of benzene rings is 1. The quantitative estimate of drug-likeness (QED) is 0.518. The number of aliphatic hydroxyl groups is 1. The normalized spacial score (nSPS) is 34.5. The van der Waals surface area contributed by atoms with Gasteiger partial charge in [0.25, 0.3) is 0 Å². The summed E-state index contributed by atoms with van der Waals surface area (Å²) in [6, 6.07) is 8.61. The van der Waals surface area contributed by atoms with Crippen molar-refractivity contribution in [3.63, 3.8) is 0 Å². The average molecular weight is 515 g/mol. The maximum absolute atomic E-state index is 14.2. The second-order valence-electron chi connectivity index (χ2n) is 10.9. The number of carbonyl (C=O) groups is 3. The third-order valence-corrected chi connectivity index (χ3v) is 10.9. The Kier molecular flexibility index (Phi) is 7.37. The molecule has 196 valence electrons. The molecule has 8 heteroatoms. The van der Waals surface area contributed by atoms with Gasteiger partial charge in [0.2, 0.25) is 11.8 Å². The zero-order valence-electron chi connectivity index (χ0n) is 21.2. The van der Waals surface area contributed by atoms with Gasteiger partial charge in [0, 0.05) is 11.3 Å². The zero-order valence-corrected chi connectivity index (χ0v) is 22.0. The van der Waals surface area contributed by atoms with Crippen LogP contribution in [-0.2, 0) is 25.5 Å². The summed E-state index contributed by atoms with van der Waals surface area (Å²) in [5, 5.41) is 13.8. The lowest BCUT2D eigenvalue weighted by atomic mass is 9.66. The Balaban J connectivity index is 1.53. The predicted octanol–water partition coefficient (Wildman–Crippen LogP) is 2.94. The van der Waals surface area contributed by atoms with Crippen LogP contribution in [0.3, 0.4) is 0 Å². The molecular formula is C28H38N2O5S. The van der Waals surface area contributed by atoms with E-state index >= 15 is 0 Å². The monoisotopic (exact) mass is 514 g/mol. The molecule has 0 radical (unpaired) electrons. The fourth-order valence-electron chi connectivity index (χ4n) is 7.32. The molecule has 7 atom stereocenters. The number of esters is 1. The van der Waals surface area contributed by atoms with Gasteiger partial charge in [-0.05, 0) is 44.1 Å². The Labute approximate surface area is 217 Å². The van der Waals surface area contributed by atoms with Gasteiger partial charge < -0.3 is 20.1 Å². The van der Waals surface area contributed by atoms with Gasteiger partial charge in [-0.3, -0.25) is 14.4 Å². The summed E-state index contributed by atoms with van der Waals surface area (Å²) in [5.41, 5.74) is 0.997. The minimum Gasteiger partial charge on any atom is -0.466 e. The molecule has 5 rings (SSSR count). The van der Waals surface area contributed by atoms with E-state index in [1.54, 1.807) is 23.6 Å². The van der Waals surface area contributed by atoms with Crippen molar-refractivity contribution >= 4 is 29.5 Å². The van der Waals surface area contributed by atoms with Gasteiger partial charge in [-0.1, -0.05) is 56.5 Å². The first-order valence-corrected chi connectivity index (χ1v) is 14.4. The first kappa shape index (κ1) is 25.6. The molecule has 4 aliphatic rings. The van der Waals surface area contributed by atoms with Gasteiger partial charge >= 0.3 is 5.97 Å². The van der Waals surface area contributed by atoms with Crippen LogP contribution in [0.15, 0.2) is 30.3 Å². The van der Waals surface area contributed by atoms with Crippen LogP contribution in [0.4, 0.5) is 0 Å². The number of amides is 2. The van der Waals surface area contributed by atoms with E-state index in [-0.39, 0.29) is 48.2 Å². The van der Waals surface area contributed by atoms with E-state index < -0.39 is 28.7 Å². The molecular weight excluding hydrogens is 476 g/mol. The lowest BCUT2D eigenvalue weighted by molar-refractivity contribution is -0.154. The first-order chi connectivity index (χ1) is 17.4. The largest absolute Gasteiger partial charge is 0.466 e. The highest BCUT2D eigenvalue weighted by Crippen LogP contribution is 2.69. The van der Waals surface area contributed by atoms with E-state index in [2.05, 4.69) is 12.2 Å². The van der Waals surface area contributed by atoms with Crippen LogP contribution in [0, 0.1) is 17.8 Å². The van der Waals surface area contributed by atoms with Crippen molar-refractivity contribution in [2.45, 2.75) is 86.9 Å². The Morgan fingerprint density at radius 2 is 1.94 bits per heavy atom. The highest BCUT2D eigenvalue weighted by Gasteiger charge is 2.76. The maximum Gasteiger partial charge on any atom is 0.310 e. The fraction of sp³-hybridized carbons (Fsp3) is 0.679. The summed E-state index contributed by atoms with van der Waals surface area (Å²) < 4.78 is 4.74. The summed E-state index contributed by atoms with van der Waals surface area (Å²) in [6.07, 6.45) is 6.51. The molecule has 2 N–H and O–H groups in total. The van der Waals surface area contributed by atoms with Crippen LogP contribution in [0.5, 0.6) is 0 Å². The summed E-state index contributed by atoms with van der Waals surface area (Å²) in [7, 11) is 0. The zero-order chi connectivity index (χ0) is 25.4. The lowest BCUT2D eigenvalue weighted by Crippen LogP contribution is -2.60. The molecule has 1 spiro atoms. The van der Waals surface area contributed by atoms with Crippen LogP contribution in [0.2, 0.25) is 0 Å². The lowest BCUT2D eigenvalue weighted by Gasteiger charge is -2.40. The van der Waals surface area contributed by atoms with Crippen molar-refractivity contribution in [1.82, 2.24) is 10.2 Å². The van der Waals surface area contributed by atoms with Gasteiger partial charge in [-0.15, -0.1) is 11.8 Å². The van der Waals surface area contributed by atoms with Crippen molar-refractivity contribution in [2.75, 3.05) is 13.2 Å². The van der Waals surface area contributed by atoms with Crippen molar-refractivity contribution in [2.24, 2.45) is 17.8 Å². The number of thioether (sulfide) groups is 1. The first-order valence-electron chi connectivity index (χ1n) is 13.5. The number of nitrogens with one attached hydrogen (secondary N) is 1. The molecule has 2 bridgehead atoms. The molecule has 3 saturated heterocycles. The Morgan fingerprint density at radius 1 is 1.22 bits per heavy atom. The minimum atomic E-state index is -0.720. The van der Waals surface area contributed by atoms with Crippen LogP contribution >= 0.6 is 11.8 Å². The van der Waals surface area contributed by atoms with Crippen LogP contribution < -0.4 is 5.32 Å². The second kappa shape index (κ2) is 10.4. The molecule has 0 aromatic heterocycles. The summed E-state index contributed by atoms with van der Waals surface area (Å²) in [6.45, 7) is 3.91. The Bertz CT molecular complexity index is 983. The molecule has 4 fully saturated rings. The molecule has 1 aliphatic carbocycles. The number of fused-ring (bicyclic) bond motifs is 1. The third kappa shape index (κ3) is 4.14. The predicted molar refractivity (Wildman–Crippen MR) is 138 cm³/mol. The molecule has 36 heavy (non-hydrogen) atoms. The number of nitrogens with zero attached hydrogens (tertiary/aromatic N) is 1. The number of ether oxygens (including phenoxy) is 1. The number of carbonyl (C=O) groups excluding carboxylic acids is 3. The number of likely N-dealkylation sites (tertiary alicyclic amines) is 1. The minimum absolute atomic E-state index is 0.0261. The molecule has 1 aromatic rings. The van der Waals surface area contributed by atoms with E-state index in [4.69, 9.17) is 4.74 Å². The van der Waals surface area contributed by atoms with Crippen molar-refractivity contribution in [3.8, 4) is 0 Å². The van der Waals surface area contributed by atoms with Gasteiger partial charge in [0.15, 0.2) is 0 Å². The molecule has 3 heterocycles. The van der Waals surface area contributed by atoms with Gasteiger partial charge in [0.1, 0.15) is 6.04 Å². The number of hydrogen-bond donors (Lipinski definition) is 2. The number of hydrogen-bond acceptors (Lipinski definition) is 6. The van der Waals surface area contributed by atoms with Crippen molar-refractivity contribution < 1.29 is 24.2 Å². The average Bonchev–Trinajstić information content (AvgIpc) is 3.47. The molecule has 3 aliphatic heterocycles. The van der Waals surface area contributed by atoms with E-state index in [1.807, 2.05) is 30.3 Å². The van der Waals surface area contributed by atoms with Crippen LogP contribution in [0.25, 0.3) is 0 Å². The summed E-state index contributed by atoms with van der Waals surface area (Å²) in [4.78, 5) is 43.1. The van der Waals surface area contributed by atoms with Crippen LogP contribution in [-0.4, -0.2) is 69.1 Å². The molecule has 7 nitrogen and oxygen atoms in total. The summed E-state index contributed by atoms with van der Waals surface area (Å²) in [5.74, 6) is -1.72. The molecule has 1 saturated carbocycles. The number of rotatable bonds is 8. The topological polar surface area (TPSA) is 95.9 Å². The third-order valence-electron chi connectivity index (χ3n) is 8.86. The van der Waals surface area contributed by atoms with E-state index in [0.29, 0.717) is 6.42 Å². The van der Waals surface area contributed by atoms with Gasteiger partial charge in [0.05, 0.1) is 35.8 Å². The van der Waals surface area contributed by atoms with E-state index in [0.717, 1.165) is 37.7 Å². The Hall–Kier alpha value is -2.06.